The molecule has 2 heterocycles. The number of nitrogens with one attached hydrogen (secondary N) is 1. The number of hydrogen-bond donors (Lipinski definition) is 1. The fourth-order valence-corrected chi connectivity index (χ4v) is 3.58. The zero-order valence-electron chi connectivity index (χ0n) is 17.0. The van der Waals surface area contributed by atoms with Gasteiger partial charge < -0.3 is 10.2 Å². The third kappa shape index (κ3) is 4.66. The Morgan fingerprint density at radius 1 is 0.931 bits per heavy atom. The van der Waals surface area contributed by atoms with Gasteiger partial charge in [-0.2, -0.15) is 0 Å². The molecule has 1 saturated heterocycles. The predicted octanol–water partition coefficient (Wildman–Crippen LogP) is 3.25. The molecule has 0 bridgehead atoms. The van der Waals surface area contributed by atoms with Crippen LogP contribution >= 0.6 is 0 Å². The fourth-order valence-electron chi connectivity index (χ4n) is 3.58. The molecule has 4 rings (SSSR count). The molecule has 1 fully saturated rings. The summed E-state index contributed by atoms with van der Waals surface area (Å²) in [5.41, 5.74) is 4.39. The number of nitrogens with zero attached hydrogens (tertiary/aromatic N) is 4. The average molecular weight is 390 g/mol. The molecule has 0 atom stereocenters. The maximum Gasteiger partial charge on any atom is 0.238 e. The highest BCUT2D eigenvalue weighted by atomic mass is 16.2. The first kappa shape index (κ1) is 19.2. The number of carbonyl (C=O) groups excluding carboxylic acids is 1. The lowest BCUT2D eigenvalue weighted by Gasteiger charge is -2.35. The van der Waals surface area contributed by atoms with Crippen LogP contribution in [0.3, 0.4) is 0 Å². The van der Waals surface area contributed by atoms with Gasteiger partial charge in [0.2, 0.25) is 11.9 Å². The van der Waals surface area contributed by atoms with E-state index in [0.29, 0.717) is 6.54 Å². The number of aryl methyl sites for hydroxylation is 2. The van der Waals surface area contributed by atoms with Gasteiger partial charge in [0.05, 0.1) is 6.54 Å². The van der Waals surface area contributed by atoms with Crippen molar-refractivity contribution >= 4 is 17.5 Å². The largest absolute Gasteiger partial charge is 0.339 e. The van der Waals surface area contributed by atoms with Gasteiger partial charge in [-0.25, -0.2) is 4.98 Å². The van der Waals surface area contributed by atoms with Gasteiger partial charge in [-0.15, -0.1) is 0 Å². The Morgan fingerprint density at radius 3 is 2.21 bits per heavy atom. The third-order valence-corrected chi connectivity index (χ3v) is 5.29. The van der Waals surface area contributed by atoms with Crippen LogP contribution in [0.15, 0.2) is 60.9 Å². The van der Waals surface area contributed by atoms with E-state index >= 15 is 0 Å². The summed E-state index contributed by atoms with van der Waals surface area (Å²) in [6, 6.07) is 16.4. The quantitative estimate of drug-likeness (QED) is 0.728. The zero-order chi connectivity index (χ0) is 20.2. The summed E-state index contributed by atoms with van der Waals surface area (Å²) in [5, 5.41) is 2.98. The summed E-state index contributed by atoms with van der Waals surface area (Å²) in [4.78, 5) is 21.4. The first-order valence-corrected chi connectivity index (χ1v) is 10.0. The van der Waals surface area contributed by atoms with Crippen LogP contribution in [0.2, 0.25) is 0 Å². The zero-order valence-corrected chi connectivity index (χ0v) is 17.0. The molecule has 1 aromatic heterocycles. The Balaban J connectivity index is 1.33. The van der Waals surface area contributed by atoms with Crippen molar-refractivity contribution in [2.75, 3.05) is 42.9 Å². The van der Waals surface area contributed by atoms with Crippen LogP contribution in [0.1, 0.15) is 11.1 Å². The standard InChI is InChI=1S/C23H27N5O/c1-18-3-7-20(8-4-18)25-22(29)17-26-13-15-27(16-14-26)23-24-11-12-28(23)21-9-5-19(2)6-10-21/h3-12H,13-17H2,1-2H3,(H,25,29). The van der Waals surface area contributed by atoms with Crippen LogP contribution in [0.4, 0.5) is 11.6 Å². The second-order valence-electron chi connectivity index (χ2n) is 7.61. The van der Waals surface area contributed by atoms with Crippen molar-refractivity contribution in [3.8, 4) is 5.69 Å². The summed E-state index contributed by atoms with van der Waals surface area (Å²) in [5.74, 6) is 0.987. The summed E-state index contributed by atoms with van der Waals surface area (Å²) in [6.07, 6.45) is 3.85. The van der Waals surface area contributed by atoms with Gasteiger partial charge in [0.15, 0.2) is 0 Å². The molecule has 2 aromatic carbocycles. The molecule has 6 nitrogen and oxygen atoms in total. The summed E-state index contributed by atoms with van der Waals surface area (Å²) in [7, 11) is 0. The molecular weight excluding hydrogens is 362 g/mol. The molecule has 1 aliphatic heterocycles. The summed E-state index contributed by atoms with van der Waals surface area (Å²) < 4.78 is 2.12. The molecule has 6 heteroatoms. The molecule has 0 spiro atoms. The molecule has 0 aliphatic carbocycles. The van der Waals surface area contributed by atoms with Crippen molar-refractivity contribution in [3.63, 3.8) is 0 Å². The van der Waals surface area contributed by atoms with E-state index in [9.17, 15) is 4.79 Å². The maximum absolute atomic E-state index is 12.4. The fraction of sp³-hybridized carbons (Fsp3) is 0.304. The number of benzene rings is 2. The molecule has 1 aliphatic rings. The molecule has 0 unspecified atom stereocenters. The lowest BCUT2D eigenvalue weighted by Crippen LogP contribution is -2.49. The van der Waals surface area contributed by atoms with Crippen molar-refractivity contribution in [3.05, 3.63) is 72.1 Å². The average Bonchev–Trinajstić information content (AvgIpc) is 3.21. The smallest absolute Gasteiger partial charge is 0.238 e. The topological polar surface area (TPSA) is 53.4 Å². The minimum Gasteiger partial charge on any atom is -0.339 e. The van der Waals surface area contributed by atoms with Crippen LogP contribution in [0, 0.1) is 13.8 Å². The third-order valence-electron chi connectivity index (χ3n) is 5.29. The van der Waals surface area contributed by atoms with E-state index in [4.69, 9.17) is 0 Å². The first-order chi connectivity index (χ1) is 14.1. The van der Waals surface area contributed by atoms with Crippen LogP contribution in [0.25, 0.3) is 5.69 Å². The maximum atomic E-state index is 12.4. The highest BCUT2D eigenvalue weighted by Crippen LogP contribution is 2.20. The van der Waals surface area contributed by atoms with E-state index < -0.39 is 0 Å². The molecular formula is C23H27N5O. The Bertz CT molecular complexity index is 954. The van der Waals surface area contributed by atoms with E-state index in [0.717, 1.165) is 43.5 Å². The normalized spacial score (nSPS) is 14.8. The molecule has 1 N–H and O–H groups in total. The first-order valence-electron chi connectivity index (χ1n) is 10.0. The second kappa shape index (κ2) is 8.49. The summed E-state index contributed by atoms with van der Waals surface area (Å²) >= 11 is 0. The van der Waals surface area contributed by atoms with E-state index in [1.54, 1.807) is 0 Å². The number of hydrogen-bond acceptors (Lipinski definition) is 4. The number of imidazole rings is 1. The minimum absolute atomic E-state index is 0.0310. The number of piperazine rings is 1. The van der Waals surface area contributed by atoms with Gasteiger partial charge in [-0.3, -0.25) is 14.3 Å². The Kier molecular flexibility index (Phi) is 5.62. The minimum atomic E-state index is 0.0310. The molecule has 0 radical (unpaired) electrons. The monoisotopic (exact) mass is 389 g/mol. The van der Waals surface area contributed by atoms with Crippen molar-refractivity contribution < 1.29 is 4.79 Å². The predicted molar refractivity (Wildman–Crippen MR) is 117 cm³/mol. The van der Waals surface area contributed by atoms with Gasteiger partial charge in [0.1, 0.15) is 0 Å². The number of carbonyl (C=O) groups is 1. The lowest BCUT2D eigenvalue weighted by atomic mass is 10.2. The van der Waals surface area contributed by atoms with Crippen molar-refractivity contribution in [1.29, 1.82) is 0 Å². The number of amides is 1. The van der Waals surface area contributed by atoms with Crippen molar-refractivity contribution in [2.24, 2.45) is 0 Å². The van der Waals surface area contributed by atoms with Gasteiger partial charge in [-0.1, -0.05) is 35.4 Å². The highest BCUT2D eigenvalue weighted by Gasteiger charge is 2.22. The molecule has 1 amide bonds. The van der Waals surface area contributed by atoms with Crippen molar-refractivity contribution in [2.45, 2.75) is 13.8 Å². The number of aromatic nitrogens is 2. The summed E-state index contributed by atoms with van der Waals surface area (Å²) in [6.45, 7) is 7.90. The second-order valence-corrected chi connectivity index (χ2v) is 7.61. The van der Waals surface area contributed by atoms with Gasteiger partial charge >= 0.3 is 0 Å². The van der Waals surface area contributed by atoms with Crippen molar-refractivity contribution in [1.82, 2.24) is 14.5 Å². The van der Waals surface area contributed by atoms with Gasteiger partial charge in [0, 0.05) is 49.9 Å². The molecule has 29 heavy (non-hydrogen) atoms. The Hall–Kier alpha value is -3.12. The number of rotatable bonds is 5. The van der Waals surface area contributed by atoms with Crippen LogP contribution in [-0.2, 0) is 4.79 Å². The van der Waals surface area contributed by atoms with E-state index in [-0.39, 0.29) is 5.91 Å². The Labute approximate surface area is 171 Å². The van der Waals surface area contributed by atoms with Crippen LogP contribution in [0.5, 0.6) is 0 Å². The van der Waals surface area contributed by atoms with Gasteiger partial charge in [-0.05, 0) is 38.1 Å². The van der Waals surface area contributed by atoms with Crippen LogP contribution < -0.4 is 10.2 Å². The Morgan fingerprint density at radius 2 is 1.55 bits per heavy atom. The lowest BCUT2D eigenvalue weighted by molar-refractivity contribution is -0.117. The SMILES string of the molecule is Cc1ccc(NC(=O)CN2CCN(c3nccn3-c3ccc(C)cc3)CC2)cc1. The number of anilines is 2. The van der Waals surface area contributed by atoms with Crippen LogP contribution in [-0.4, -0.2) is 53.1 Å². The van der Waals surface area contributed by atoms with E-state index in [1.807, 2.05) is 43.6 Å². The van der Waals surface area contributed by atoms with Gasteiger partial charge in [0.25, 0.3) is 0 Å². The van der Waals surface area contributed by atoms with E-state index in [2.05, 4.69) is 55.9 Å². The molecule has 3 aromatic rings. The molecule has 150 valence electrons. The van der Waals surface area contributed by atoms with E-state index in [1.165, 1.54) is 11.1 Å². The highest BCUT2D eigenvalue weighted by molar-refractivity contribution is 5.92. The molecule has 0 saturated carbocycles.